The van der Waals surface area contributed by atoms with Crippen LogP contribution in [-0.4, -0.2) is 41.4 Å². The molecule has 1 rings (SSSR count). The van der Waals surface area contributed by atoms with Gasteiger partial charge in [0.05, 0.1) is 12.2 Å². The molecule has 0 fully saturated rings. The first-order chi connectivity index (χ1) is 8.92. The molecule has 1 aromatic rings. The maximum Gasteiger partial charge on any atom is 0.191 e. The van der Waals surface area contributed by atoms with Crippen molar-refractivity contribution in [2.24, 2.45) is 12.0 Å². The first-order valence-electron chi connectivity index (χ1n) is 6.59. The van der Waals surface area contributed by atoms with Crippen molar-refractivity contribution in [2.75, 3.05) is 20.1 Å². The van der Waals surface area contributed by atoms with Crippen molar-refractivity contribution in [1.29, 1.82) is 0 Å². The maximum atomic E-state index is 4.19. The predicted octanol–water partition coefficient (Wildman–Crippen LogP) is 0.473. The molecule has 0 aromatic carbocycles. The zero-order chi connectivity index (χ0) is 14.3. The molecule has 0 unspecified atom stereocenters. The normalized spacial score (nSPS) is 12.6. The first kappa shape index (κ1) is 15.5. The Morgan fingerprint density at radius 3 is 2.58 bits per heavy atom. The van der Waals surface area contributed by atoms with Gasteiger partial charge in [-0.15, -0.1) is 0 Å². The molecule has 6 heteroatoms. The summed E-state index contributed by atoms with van der Waals surface area (Å²) in [7, 11) is 3.70. The van der Waals surface area contributed by atoms with Crippen molar-refractivity contribution >= 4 is 5.96 Å². The molecule has 0 bridgehead atoms. The van der Waals surface area contributed by atoms with Crippen molar-refractivity contribution < 1.29 is 0 Å². The van der Waals surface area contributed by atoms with Crippen molar-refractivity contribution in [3.8, 4) is 0 Å². The van der Waals surface area contributed by atoms with Crippen LogP contribution in [0.25, 0.3) is 0 Å². The molecule has 0 saturated heterocycles. The van der Waals surface area contributed by atoms with Gasteiger partial charge < -0.3 is 16.0 Å². The third-order valence-electron chi connectivity index (χ3n) is 2.66. The van der Waals surface area contributed by atoms with Gasteiger partial charge in [0.2, 0.25) is 0 Å². The first-order valence-corrected chi connectivity index (χ1v) is 6.59. The fourth-order valence-electron chi connectivity index (χ4n) is 1.59. The summed E-state index contributed by atoms with van der Waals surface area (Å²) in [6.07, 6.45) is 1.79. The monoisotopic (exact) mass is 266 g/mol. The lowest BCUT2D eigenvalue weighted by atomic mass is 10.1. The van der Waals surface area contributed by atoms with Gasteiger partial charge in [-0.3, -0.25) is 9.67 Å². The second-order valence-electron chi connectivity index (χ2n) is 5.48. The lowest BCUT2D eigenvalue weighted by Crippen LogP contribution is -2.44. The minimum atomic E-state index is 0.146. The highest BCUT2D eigenvalue weighted by molar-refractivity contribution is 5.79. The van der Waals surface area contributed by atoms with Crippen molar-refractivity contribution in [2.45, 2.75) is 32.9 Å². The molecule has 1 heterocycles. The third-order valence-corrected chi connectivity index (χ3v) is 2.66. The van der Waals surface area contributed by atoms with Crippen LogP contribution >= 0.6 is 0 Å². The van der Waals surface area contributed by atoms with Crippen LogP contribution in [0.2, 0.25) is 0 Å². The second-order valence-corrected chi connectivity index (χ2v) is 5.48. The molecule has 19 heavy (non-hydrogen) atoms. The summed E-state index contributed by atoms with van der Waals surface area (Å²) >= 11 is 0. The molecule has 3 N–H and O–H groups in total. The Labute approximate surface area is 115 Å². The lowest BCUT2D eigenvalue weighted by Gasteiger charge is -2.21. The van der Waals surface area contributed by atoms with Gasteiger partial charge in [0.1, 0.15) is 0 Å². The van der Waals surface area contributed by atoms with E-state index >= 15 is 0 Å². The van der Waals surface area contributed by atoms with E-state index in [9.17, 15) is 0 Å². The van der Waals surface area contributed by atoms with Crippen LogP contribution in [0.4, 0.5) is 0 Å². The van der Waals surface area contributed by atoms with E-state index in [4.69, 9.17) is 0 Å². The zero-order valence-corrected chi connectivity index (χ0v) is 12.6. The Hall–Kier alpha value is -1.56. The average molecular weight is 266 g/mol. The number of rotatable bonds is 5. The lowest BCUT2D eigenvalue weighted by molar-refractivity contribution is 0.428. The fourth-order valence-corrected chi connectivity index (χ4v) is 1.59. The van der Waals surface area contributed by atoms with E-state index in [1.165, 1.54) is 0 Å². The Bertz CT molecular complexity index is 402. The number of aromatic nitrogens is 2. The van der Waals surface area contributed by atoms with Crippen LogP contribution in [0, 0.1) is 0 Å². The summed E-state index contributed by atoms with van der Waals surface area (Å²) in [5.41, 5.74) is 1.27. The number of nitrogens with one attached hydrogen (secondary N) is 3. The average Bonchev–Trinajstić information content (AvgIpc) is 2.73. The minimum absolute atomic E-state index is 0.146. The van der Waals surface area contributed by atoms with E-state index in [1.54, 1.807) is 13.2 Å². The number of hydrogen-bond donors (Lipinski definition) is 3. The maximum absolute atomic E-state index is 4.19. The Morgan fingerprint density at radius 1 is 1.32 bits per heavy atom. The van der Waals surface area contributed by atoms with Gasteiger partial charge in [0.15, 0.2) is 5.96 Å². The van der Waals surface area contributed by atoms with E-state index in [0.29, 0.717) is 6.54 Å². The molecule has 0 aliphatic carbocycles. The van der Waals surface area contributed by atoms with Crippen molar-refractivity contribution in [3.63, 3.8) is 0 Å². The molecular weight excluding hydrogens is 240 g/mol. The summed E-state index contributed by atoms with van der Waals surface area (Å²) in [4.78, 5) is 4.19. The zero-order valence-electron chi connectivity index (χ0n) is 12.6. The van der Waals surface area contributed by atoms with Crippen LogP contribution in [-0.2, 0) is 13.6 Å². The number of aliphatic imine (C=N–C) groups is 1. The fraction of sp³-hybridized carbons (Fsp3) is 0.692. The Kier molecular flexibility index (Phi) is 5.82. The highest BCUT2D eigenvalue weighted by Crippen LogP contribution is 1.96. The van der Waals surface area contributed by atoms with Crippen molar-refractivity contribution in [3.05, 3.63) is 18.0 Å². The number of aryl methyl sites for hydroxylation is 1. The van der Waals surface area contributed by atoms with Crippen LogP contribution in [0.1, 0.15) is 26.5 Å². The second kappa shape index (κ2) is 7.13. The molecule has 0 spiro atoms. The summed E-state index contributed by atoms with van der Waals surface area (Å²) in [6.45, 7) is 8.91. The van der Waals surface area contributed by atoms with Gasteiger partial charge in [-0.25, -0.2) is 0 Å². The number of nitrogens with zero attached hydrogens (tertiary/aromatic N) is 3. The van der Waals surface area contributed by atoms with E-state index in [0.717, 1.165) is 24.7 Å². The molecule has 0 amide bonds. The molecule has 6 nitrogen and oxygen atoms in total. The van der Waals surface area contributed by atoms with E-state index in [1.807, 2.05) is 17.8 Å². The molecular formula is C13H26N6. The summed E-state index contributed by atoms with van der Waals surface area (Å²) < 4.78 is 1.85. The minimum Gasteiger partial charge on any atom is -0.355 e. The summed E-state index contributed by atoms with van der Waals surface area (Å²) in [5, 5.41) is 14.1. The molecule has 108 valence electrons. The molecule has 0 aliphatic rings. The Balaban J connectivity index is 2.26. The molecule has 1 aromatic heterocycles. The van der Waals surface area contributed by atoms with Crippen LogP contribution in [0.5, 0.6) is 0 Å². The Morgan fingerprint density at radius 2 is 2.05 bits per heavy atom. The highest BCUT2D eigenvalue weighted by atomic mass is 15.3. The standard InChI is InChI=1S/C13H26N6/c1-13(2,3)17-9-8-15-12(14-4)16-10-11-6-7-18-19(11)5/h6-7,17H,8-10H2,1-5H3,(H2,14,15,16). The van der Waals surface area contributed by atoms with Crippen LogP contribution in [0.15, 0.2) is 17.3 Å². The van der Waals surface area contributed by atoms with Gasteiger partial charge in [0, 0.05) is 38.9 Å². The highest BCUT2D eigenvalue weighted by Gasteiger charge is 2.07. The smallest absolute Gasteiger partial charge is 0.191 e. The summed E-state index contributed by atoms with van der Waals surface area (Å²) in [6, 6.07) is 1.99. The molecule has 0 saturated carbocycles. The molecule has 0 atom stereocenters. The number of guanidine groups is 1. The van der Waals surface area contributed by atoms with E-state index in [-0.39, 0.29) is 5.54 Å². The van der Waals surface area contributed by atoms with Gasteiger partial charge >= 0.3 is 0 Å². The molecule has 0 radical (unpaired) electrons. The quantitative estimate of drug-likeness (QED) is 0.412. The van der Waals surface area contributed by atoms with Gasteiger partial charge in [-0.1, -0.05) is 0 Å². The van der Waals surface area contributed by atoms with Gasteiger partial charge in [-0.05, 0) is 26.8 Å². The van der Waals surface area contributed by atoms with Crippen LogP contribution < -0.4 is 16.0 Å². The predicted molar refractivity (Wildman–Crippen MR) is 79.2 cm³/mol. The summed E-state index contributed by atoms with van der Waals surface area (Å²) in [5.74, 6) is 0.803. The third kappa shape index (κ3) is 6.24. The van der Waals surface area contributed by atoms with E-state index in [2.05, 4.69) is 46.8 Å². The van der Waals surface area contributed by atoms with Crippen molar-refractivity contribution in [1.82, 2.24) is 25.7 Å². The number of hydrogen-bond acceptors (Lipinski definition) is 3. The van der Waals surface area contributed by atoms with Crippen LogP contribution in [0.3, 0.4) is 0 Å². The largest absolute Gasteiger partial charge is 0.355 e. The topological polar surface area (TPSA) is 66.3 Å². The van der Waals surface area contributed by atoms with Gasteiger partial charge in [-0.2, -0.15) is 5.10 Å². The SMILES string of the molecule is CN=C(NCCNC(C)(C)C)NCc1ccnn1C. The molecule has 0 aliphatic heterocycles. The van der Waals surface area contributed by atoms with E-state index < -0.39 is 0 Å². The van der Waals surface area contributed by atoms with Gasteiger partial charge in [0.25, 0.3) is 0 Å².